The first-order chi connectivity index (χ1) is 18.6. The number of benzene rings is 3. The van der Waals surface area contributed by atoms with Crippen molar-refractivity contribution in [3.8, 4) is 0 Å². The Hall–Kier alpha value is -3.36. The fraction of sp³-hybridized carbons (Fsp3) is 0.355. The third kappa shape index (κ3) is 7.64. The van der Waals surface area contributed by atoms with Crippen molar-refractivity contribution in [3.63, 3.8) is 0 Å². The molecule has 1 N–H and O–H groups in total. The maximum absolute atomic E-state index is 14.1. The van der Waals surface area contributed by atoms with Crippen LogP contribution in [-0.4, -0.2) is 43.3 Å². The Morgan fingerprint density at radius 1 is 0.925 bits per heavy atom. The molecular formula is C31H38ClN3O4S. The van der Waals surface area contributed by atoms with E-state index in [2.05, 4.69) is 5.32 Å². The molecule has 0 radical (unpaired) electrons. The van der Waals surface area contributed by atoms with Gasteiger partial charge in [0, 0.05) is 17.1 Å². The van der Waals surface area contributed by atoms with Gasteiger partial charge in [-0.05, 0) is 83.9 Å². The van der Waals surface area contributed by atoms with Crippen LogP contribution in [0.15, 0.2) is 71.6 Å². The molecule has 9 heteroatoms. The molecule has 0 heterocycles. The zero-order chi connectivity index (χ0) is 29.8. The summed E-state index contributed by atoms with van der Waals surface area (Å²) in [7, 11) is -4.13. The number of nitrogens with one attached hydrogen (secondary N) is 1. The van der Waals surface area contributed by atoms with E-state index in [0.717, 1.165) is 15.4 Å². The third-order valence-electron chi connectivity index (χ3n) is 6.47. The Morgan fingerprint density at radius 2 is 1.52 bits per heavy atom. The van der Waals surface area contributed by atoms with E-state index >= 15 is 0 Å². The number of carbonyl (C=O) groups is 2. The molecule has 0 aliphatic carbocycles. The summed E-state index contributed by atoms with van der Waals surface area (Å²) in [5, 5.41) is 3.37. The zero-order valence-electron chi connectivity index (χ0n) is 24.2. The van der Waals surface area contributed by atoms with Crippen molar-refractivity contribution in [2.75, 3.05) is 10.8 Å². The second-order valence-corrected chi connectivity index (χ2v) is 13.4. The minimum atomic E-state index is -4.13. The maximum atomic E-state index is 14.1. The van der Waals surface area contributed by atoms with Gasteiger partial charge in [0.15, 0.2) is 0 Å². The quantitative estimate of drug-likeness (QED) is 0.345. The lowest BCUT2D eigenvalue weighted by Crippen LogP contribution is -2.54. The molecule has 3 aromatic carbocycles. The number of carbonyl (C=O) groups excluding carboxylic acids is 2. The first kappa shape index (κ1) is 31.2. The molecule has 1 unspecified atom stereocenters. The smallest absolute Gasteiger partial charge is 0.264 e. The summed E-state index contributed by atoms with van der Waals surface area (Å²) in [6.45, 7) is 12.3. The molecule has 0 spiro atoms. The lowest BCUT2D eigenvalue weighted by molar-refractivity contribution is -0.140. The minimum absolute atomic E-state index is 0.0303. The van der Waals surface area contributed by atoms with Crippen LogP contribution in [0.2, 0.25) is 5.02 Å². The lowest BCUT2D eigenvalue weighted by atomic mass is 10.1. The molecule has 2 amide bonds. The van der Waals surface area contributed by atoms with Gasteiger partial charge < -0.3 is 10.2 Å². The number of anilines is 1. The predicted molar refractivity (Wildman–Crippen MR) is 161 cm³/mol. The summed E-state index contributed by atoms with van der Waals surface area (Å²) in [5.74, 6) is -0.889. The van der Waals surface area contributed by atoms with Crippen LogP contribution in [0.4, 0.5) is 5.69 Å². The van der Waals surface area contributed by atoms with Gasteiger partial charge in [0.05, 0.1) is 10.6 Å². The molecule has 0 fully saturated rings. The van der Waals surface area contributed by atoms with Crippen molar-refractivity contribution in [2.24, 2.45) is 0 Å². The summed E-state index contributed by atoms with van der Waals surface area (Å²) in [5.41, 5.74) is 3.10. The van der Waals surface area contributed by atoms with Crippen molar-refractivity contribution in [1.82, 2.24) is 10.2 Å². The Labute approximate surface area is 243 Å². The molecule has 0 aliphatic rings. The van der Waals surface area contributed by atoms with Crippen LogP contribution in [0.25, 0.3) is 0 Å². The molecular weight excluding hydrogens is 546 g/mol. The number of amides is 2. The summed E-state index contributed by atoms with van der Waals surface area (Å²) in [6, 6.07) is 18.1. The van der Waals surface area contributed by atoms with E-state index in [1.165, 1.54) is 17.0 Å². The highest BCUT2D eigenvalue weighted by Gasteiger charge is 2.34. The van der Waals surface area contributed by atoms with Crippen LogP contribution in [0, 0.1) is 20.8 Å². The van der Waals surface area contributed by atoms with Gasteiger partial charge in [-0.2, -0.15) is 0 Å². The van der Waals surface area contributed by atoms with Gasteiger partial charge in [0.1, 0.15) is 12.6 Å². The first-order valence-electron chi connectivity index (χ1n) is 13.1. The Bertz CT molecular complexity index is 1480. The van der Waals surface area contributed by atoms with E-state index in [4.69, 9.17) is 11.6 Å². The predicted octanol–water partition coefficient (Wildman–Crippen LogP) is 5.79. The van der Waals surface area contributed by atoms with Crippen molar-refractivity contribution < 1.29 is 18.0 Å². The number of sulfonamides is 1. The highest BCUT2D eigenvalue weighted by Crippen LogP contribution is 2.29. The lowest BCUT2D eigenvalue weighted by Gasteiger charge is -2.34. The second kappa shape index (κ2) is 12.4. The van der Waals surface area contributed by atoms with E-state index in [0.29, 0.717) is 21.8 Å². The molecule has 7 nitrogen and oxygen atoms in total. The second-order valence-electron chi connectivity index (χ2n) is 11.1. The number of aryl methyl sites for hydroxylation is 3. The molecule has 0 aliphatic heterocycles. The highest BCUT2D eigenvalue weighted by molar-refractivity contribution is 7.92. The standard InChI is InChI=1S/C31H38ClN3O4S/c1-21-12-15-26(16-13-21)40(38,39)35(28-17-14-22(2)18-23(28)3)20-29(36)34(19-25-10-8-9-11-27(25)32)24(4)30(37)33-31(5,6)7/h8-18,24H,19-20H2,1-7H3,(H,33,37). The van der Waals surface area contributed by atoms with Crippen molar-refractivity contribution in [2.45, 2.75) is 71.5 Å². The zero-order valence-corrected chi connectivity index (χ0v) is 25.7. The normalized spacial score (nSPS) is 12.5. The van der Waals surface area contributed by atoms with Crippen LogP contribution in [-0.2, 0) is 26.2 Å². The summed E-state index contributed by atoms with van der Waals surface area (Å²) in [6.07, 6.45) is 0. The van der Waals surface area contributed by atoms with Gasteiger partial charge in [-0.15, -0.1) is 0 Å². The van der Waals surface area contributed by atoms with Crippen molar-refractivity contribution in [1.29, 1.82) is 0 Å². The van der Waals surface area contributed by atoms with Gasteiger partial charge in [-0.25, -0.2) is 8.42 Å². The molecule has 1 atom stereocenters. The number of rotatable bonds is 9. The largest absolute Gasteiger partial charge is 0.350 e. The summed E-state index contributed by atoms with van der Waals surface area (Å²) < 4.78 is 29.1. The fourth-order valence-corrected chi connectivity index (χ4v) is 5.98. The van der Waals surface area contributed by atoms with Crippen LogP contribution < -0.4 is 9.62 Å². The van der Waals surface area contributed by atoms with E-state index in [1.807, 2.05) is 53.7 Å². The van der Waals surface area contributed by atoms with Crippen LogP contribution >= 0.6 is 11.6 Å². The Balaban J connectivity index is 2.08. The van der Waals surface area contributed by atoms with E-state index < -0.39 is 34.1 Å². The van der Waals surface area contributed by atoms with Gasteiger partial charge >= 0.3 is 0 Å². The molecule has 40 heavy (non-hydrogen) atoms. The number of hydrogen-bond donors (Lipinski definition) is 1. The van der Waals surface area contributed by atoms with Crippen molar-refractivity contribution >= 4 is 39.1 Å². The average molecular weight is 584 g/mol. The summed E-state index contributed by atoms with van der Waals surface area (Å²) in [4.78, 5) is 28.7. The van der Waals surface area contributed by atoms with Crippen LogP contribution in [0.5, 0.6) is 0 Å². The molecule has 3 aromatic rings. The van der Waals surface area contributed by atoms with Crippen molar-refractivity contribution in [3.05, 3.63) is 94.0 Å². The maximum Gasteiger partial charge on any atom is 0.264 e. The highest BCUT2D eigenvalue weighted by atomic mass is 35.5. The minimum Gasteiger partial charge on any atom is -0.350 e. The molecule has 0 bridgehead atoms. The fourth-order valence-electron chi connectivity index (χ4n) is 4.30. The molecule has 214 valence electrons. The van der Waals surface area contributed by atoms with Gasteiger partial charge in [-0.3, -0.25) is 13.9 Å². The molecule has 0 saturated carbocycles. The Morgan fingerprint density at radius 3 is 2.10 bits per heavy atom. The van der Waals surface area contributed by atoms with Gasteiger partial charge in [0.2, 0.25) is 11.8 Å². The number of hydrogen-bond acceptors (Lipinski definition) is 4. The molecule has 3 rings (SSSR count). The third-order valence-corrected chi connectivity index (χ3v) is 8.62. The van der Waals surface area contributed by atoms with Gasteiger partial charge in [-0.1, -0.05) is 65.2 Å². The summed E-state index contributed by atoms with van der Waals surface area (Å²) >= 11 is 6.42. The molecule has 0 aromatic heterocycles. The van der Waals surface area contributed by atoms with E-state index in [1.54, 1.807) is 49.4 Å². The topological polar surface area (TPSA) is 86.8 Å². The number of nitrogens with zero attached hydrogens (tertiary/aromatic N) is 2. The van der Waals surface area contributed by atoms with E-state index in [9.17, 15) is 18.0 Å². The van der Waals surface area contributed by atoms with E-state index in [-0.39, 0.29) is 17.3 Å². The van der Waals surface area contributed by atoms with Crippen LogP contribution in [0.1, 0.15) is 49.9 Å². The average Bonchev–Trinajstić information content (AvgIpc) is 2.86. The number of halogens is 1. The SMILES string of the molecule is Cc1ccc(S(=O)(=O)N(CC(=O)N(Cc2ccccc2Cl)C(C)C(=O)NC(C)(C)C)c2ccc(C)cc2C)cc1. The van der Waals surface area contributed by atoms with Gasteiger partial charge in [0.25, 0.3) is 10.0 Å². The van der Waals surface area contributed by atoms with Crippen LogP contribution in [0.3, 0.4) is 0 Å². The molecule has 0 saturated heterocycles. The monoisotopic (exact) mass is 583 g/mol. The first-order valence-corrected chi connectivity index (χ1v) is 14.9. The Kier molecular flexibility index (Phi) is 9.69.